The molecule has 0 unspecified atom stereocenters. The van der Waals surface area contributed by atoms with Gasteiger partial charge in [0.05, 0.1) is 7.11 Å². The fourth-order valence-corrected chi connectivity index (χ4v) is 2.80. The van der Waals surface area contributed by atoms with E-state index >= 15 is 0 Å². The number of nitrogens with zero attached hydrogens (tertiary/aromatic N) is 2. The average molecular weight is 279 g/mol. The summed E-state index contributed by atoms with van der Waals surface area (Å²) >= 11 is 0. The van der Waals surface area contributed by atoms with E-state index in [2.05, 4.69) is 17.2 Å². The number of ether oxygens (including phenoxy) is 1. The minimum atomic E-state index is -0.0478. The molecular weight excluding hydrogens is 254 g/mol. The number of nitrogens with one attached hydrogen (secondary N) is 1. The standard InChI is InChI=1S/C15H25N3O2/c1-11-4-6-13(7-5-11)16-8-9-18-14(19)10-12(2)17-15(18)20-3/h10-11,13,16H,4-9H2,1-3H3. The number of aromatic nitrogens is 2. The van der Waals surface area contributed by atoms with Crippen molar-refractivity contribution in [3.63, 3.8) is 0 Å². The first-order valence-electron chi connectivity index (χ1n) is 7.46. The molecule has 0 radical (unpaired) electrons. The van der Waals surface area contributed by atoms with Crippen LogP contribution >= 0.6 is 0 Å². The van der Waals surface area contributed by atoms with E-state index in [1.54, 1.807) is 24.7 Å². The van der Waals surface area contributed by atoms with Crippen LogP contribution in [0.1, 0.15) is 38.3 Å². The molecule has 0 spiro atoms. The minimum absolute atomic E-state index is 0.0478. The van der Waals surface area contributed by atoms with Gasteiger partial charge in [-0.2, -0.15) is 0 Å². The fraction of sp³-hybridized carbons (Fsp3) is 0.733. The third-order valence-corrected chi connectivity index (χ3v) is 4.07. The summed E-state index contributed by atoms with van der Waals surface area (Å²) in [5.74, 6) is 0.858. The third-order valence-electron chi connectivity index (χ3n) is 4.07. The second kappa shape index (κ2) is 6.88. The largest absolute Gasteiger partial charge is 0.468 e. The molecule has 2 rings (SSSR count). The Balaban J connectivity index is 1.89. The third kappa shape index (κ3) is 3.82. The molecule has 1 fully saturated rings. The van der Waals surface area contributed by atoms with E-state index in [-0.39, 0.29) is 5.56 Å². The van der Waals surface area contributed by atoms with Crippen LogP contribution in [0.15, 0.2) is 10.9 Å². The van der Waals surface area contributed by atoms with Crippen LogP contribution in [0.5, 0.6) is 6.01 Å². The Kier molecular flexibility index (Phi) is 5.17. The van der Waals surface area contributed by atoms with Crippen molar-refractivity contribution in [3.8, 4) is 6.01 Å². The van der Waals surface area contributed by atoms with Crippen LogP contribution < -0.4 is 15.6 Å². The summed E-state index contributed by atoms with van der Waals surface area (Å²) in [4.78, 5) is 16.2. The van der Waals surface area contributed by atoms with Gasteiger partial charge < -0.3 is 10.1 Å². The predicted octanol–water partition coefficient (Wildman–Crippen LogP) is 1.73. The number of aryl methyl sites for hydroxylation is 1. The normalized spacial score (nSPS) is 22.8. The Bertz CT molecular complexity index is 490. The van der Waals surface area contributed by atoms with Gasteiger partial charge in [-0.3, -0.25) is 9.36 Å². The van der Waals surface area contributed by atoms with Crippen molar-refractivity contribution in [2.24, 2.45) is 5.92 Å². The molecule has 5 nitrogen and oxygen atoms in total. The van der Waals surface area contributed by atoms with Crippen LogP contribution in [0.3, 0.4) is 0 Å². The fourth-order valence-electron chi connectivity index (χ4n) is 2.80. The lowest BCUT2D eigenvalue weighted by atomic mass is 9.87. The van der Waals surface area contributed by atoms with Gasteiger partial charge in [0.15, 0.2) is 0 Å². The van der Waals surface area contributed by atoms with Crippen molar-refractivity contribution in [3.05, 3.63) is 22.1 Å². The van der Waals surface area contributed by atoms with Crippen molar-refractivity contribution in [1.29, 1.82) is 0 Å². The highest BCUT2D eigenvalue weighted by Crippen LogP contribution is 2.23. The van der Waals surface area contributed by atoms with Crippen LogP contribution in [-0.4, -0.2) is 29.2 Å². The van der Waals surface area contributed by atoms with E-state index in [9.17, 15) is 4.79 Å². The molecule has 0 atom stereocenters. The lowest BCUT2D eigenvalue weighted by molar-refractivity contribution is 0.298. The number of methoxy groups -OCH3 is 1. The Hall–Kier alpha value is -1.36. The second-order valence-corrected chi connectivity index (χ2v) is 5.79. The van der Waals surface area contributed by atoms with Crippen molar-refractivity contribution in [2.75, 3.05) is 13.7 Å². The molecule has 0 aromatic carbocycles. The molecule has 112 valence electrons. The maximum absolute atomic E-state index is 12.0. The van der Waals surface area contributed by atoms with E-state index in [1.165, 1.54) is 25.7 Å². The first-order chi connectivity index (χ1) is 9.60. The quantitative estimate of drug-likeness (QED) is 0.892. The molecule has 1 aliphatic carbocycles. The van der Waals surface area contributed by atoms with Gasteiger partial charge in [-0.05, 0) is 38.5 Å². The molecule has 0 bridgehead atoms. The zero-order chi connectivity index (χ0) is 14.5. The van der Waals surface area contributed by atoms with Crippen molar-refractivity contribution < 1.29 is 4.74 Å². The highest BCUT2D eigenvalue weighted by molar-refractivity contribution is 5.06. The molecule has 0 aliphatic heterocycles. The SMILES string of the molecule is COc1nc(C)cc(=O)n1CCNC1CCC(C)CC1. The zero-order valence-electron chi connectivity index (χ0n) is 12.7. The van der Waals surface area contributed by atoms with Gasteiger partial charge in [0.2, 0.25) is 0 Å². The molecule has 1 saturated carbocycles. The second-order valence-electron chi connectivity index (χ2n) is 5.79. The topological polar surface area (TPSA) is 56.1 Å². The van der Waals surface area contributed by atoms with E-state index in [1.807, 2.05) is 0 Å². The first-order valence-corrected chi connectivity index (χ1v) is 7.46. The van der Waals surface area contributed by atoms with Crippen LogP contribution in [0.4, 0.5) is 0 Å². The van der Waals surface area contributed by atoms with Crippen LogP contribution in [0.2, 0.25) is 0 Å². The van der Waals surface area contributed by atoms with Gasteiger partial charge in [0, 0.05) is 30.9 Å². The summed E-state index contributed by atoms with van der Waals surface area (Å²) in [6.45, 7) is 5.50. The maximum atomic E-state index is 12.0. The lowest BCUT2D eigenvalue weighted by Gasteiger charge is -2.27. The minimum Gasteiger partial charge on any atom is -0.468 e. The van der Waals surface area contributed by atoms with Gasteiger partial charge >= 0.3 is 0 Å². The van der Waals surface area contributed by atoms with Crippen LogP contribution in [0, 0.1) is 12.8 Å². The van der Waals surface area contributed by atoms with Gasteiger partial charge in [-0.1, -0.05) is 6.92 Å². The Morgan fingerprint density at radius 3 is 2.75 bits per heavy atom. The first kappa shape index (κ1) is 15.0. The molecule has 5 heteroatoms. The number of hydrogen-bond acceptors (Lipinski definition) is 4. The van der Waals surface area contributed by atoms with Crippen molar-refractivity contribution >= 4 is 0 Å². The molecular formula is C15H25N3O2. The highest BCUT2D eigenvalue weighted by atomic mass is 16.5. The van der Waals surface area contributed by atoms with E-state index in [0.29, 0.717) is 24.3 Å². The highest BCUT2D eigenvalue weighted by Gasteiger charge is 2.17. The Morgan fingerprint density at radius 2 is 2.10 bits per heavy atom. The molecule has 0 saturated heterocycles. The van der Waals surface area contributed by atoms with E-state index in [4.69, 9.17) is 4.74 Å². The van der Waals surface area contributed by atoms with E-state index in [0.717, 1.165) is 12.5 Å². The van der Waals surface area contributed by atoms with E-state index < -0.39 is 0 Å². The maximum Gasteiger partial charge on any atom is 0.299 e. The van der Waals surface area contributed by atoms with Crippen LogP contribution in [0.25, 0.3) is 0 Å². The van der Waals surface area contributed by atoms with Crippen molar-refractivity contribution in [1.82, 2.24) is 14.9 Å². The number of rotatable bonds is 5. The monoisotopic (exact) mass is 279 g/mol. The molecule has 1 aliphatic rings. The van der Waals surface area contributed by atoms with Crippen LogP contribution in [-0.2, 0) is 6.54 Å². The predicted molar refractivity (Wildman–Crippen MR) is 79.2 cm³/mol. The Morgan fingerprint density at radius 1 is 1.40 bits per heavy atom. The van der Waals surface area contributed by atoms with Gasteiger partial charge in [0.25, 0.3) is 11.6 Å². The summed E-state index contributed by atoms with van der Waals surface area (Å²) in [6, 6.07) is 2.53. The van der Waals surface area contributed by atoms with Gasteiger partial charge in [-0.15, -0.1) is 0 Å². The zero-order valence-corrected chi connectivity index (χ0v) is 12.7. The van der Waals surface area contributed by atoms with Gasteiger partial charge in [0.1, 0.15) is 0 Å². The summed E-state index contributed by atoms with van der Waals surface area (Å²) in [5, 5.41) is 3.54. The lowest BCUT2D eigenvalue weighted by Crippen LogP contribution is -2.36. The molecule has 1 aromatic heterocycles. The molecule has 20 heavy (non-hydrogen) atoms. The average Bonchev–Trinajstić information content (AvgIpc) is 2.42. The molecule has 1 heterocycles. The molecule has 1 aromatic rings. The Labute approximate surface area is 120 Å². The van der Waals surface area contributed by atoms with Gasteiger partial charge in [-0.25, -0.2) is 4.98 Å². The smallest absolute Gasteiger partial charge is 0.299 e. The summed E-state index contributed by atoms with van der Waals surface area (Å²) < 4.78 is 6.78. The summed E-state index contributed by atoms with van der Waals surface area (Å²) in [5.41, 5.74) is 0.644. The number of hydrogen-bond donors (Lipinski definition) is 1. The molecule has 0 amide bonds. The summed E-state index contributed by atoms with van der Waals surface area (Å²) in [6.07, 6.45) is 5.07. The summed E-state index contributed by atoms with van der Waals surface area (Å²) in [7, 11) is 1.55. The molecule has 1 N–H and O–H groups in total. The van der Waals surface area contributed by atoms with Crippen molar-refractivity contribution in [2.45, 2.75) is 52.1 Å².